The lowest BCUT2D eigenvalue weighted by atomic mass is 10.5. The molecular weight excluding hydrogens is 281 g/mol. The van der Waals surface area contributed by atoms with Gasteiger partial charge in [0, 0.05) is 0 Å². The van der Waals surface area contributed by atoms with Gasteiger partial charge in [-0.05, 0) is 46.2 Å². The molecule has 0 bridgehead atoms. The molecule has 103 valence electrons. The van der Waals surface area contributed by atoms with E-state index in [-0.39, 0.29) is 0 Å². The van der Waals surface area contributed by atoms with Gasteiger partial charge in [0.05, 0.1) is 0 Å². The van der Waals surface area contributed by atoms with Gasteiger partial charge in [-0.15, -0.1) is 0 Å². The number of hydrogen-bond donors (Lipinski definition) is 0. The van der Waals surface area contributed by atoms with Crippen LogP contribution in [0.2, 0.25) is 39.3 Å². The first kappa shape index (κ1) is 17.4. The summed E-state index contributed by atoms with van der Waals surface area (Å²) in [5.41, 5.74) is -3.51. The Morgan fingerprint density at radius 2 is 1.24 bits per heavy atom. The van der Waals surface area contributed by atoms with E-state index >= 15 is 0 Å². The molecule has 0 aliphatic rings. The Labute approximate surface area is 106 Å². The van der Waals surface area contributed by atoms with Crippen LogP contribution in [0, 0.1) is 0 Å². The van der Waals surface area contributed by atoms with Crippen molar-refractivity contribution in [2.75, 3.05) is 0 Å². The highest BCUT2D eigenvalue weighted by Crippen LogP contribution is 2.29. The summed E-state index contributed by atoms with van der Waals surface area (Å²) in [4.78, 5) is 0. The van der Waals surface area contributed by atoms with Crippen molar-refractivity contribution in [2.45, 2.75) is 57.9 Å². The normalized spacial score (nSPS) is 16.4. The molecule has 0 rings (SSSR count). The topological polar surface area (TPSA) is 18.5 Å². The second-order valence-electron chi connectivity index (χ2n) is 5.96. The van der Waals surface area contributed by atoms with Crippen molar-refractivity contribution in [1.82, 2.24) is 0 Å². The van der Waals surface area contributed by atoms with Crippen LogP contribution < -0.4 is 0 Å². The van der Waals surface area contributed by atoms with Gasteiger partial charge >= 0.3 is 14.8 Å². The monoisotopic (exact) mass is 303 g/mol. The number of alkyl halides is 3. The molecule has 8 heteroatoms. The molecular formula is C9H22F3O2Si3. The van der Waals surface area contributed by atoms with E-state index in [2.05, 4.69) is 0 Å². The molecule has 17 heavy (non-hydrogen) atoms. The van der Waals surface area contributed by atoms with Crippen molar-refractivity contribution in [3.05, 3.63) is 0 Å². The van der Waals surface area contributed by atoms with E-state index in [1.54, 1.807) is 39.3 Å². The summed E-state index contributed by atoms with van der Waals surface area (Å²) in [5.74, 6) is 0. The van der Waals surface area contributed by atoms with Crippen molar-refractivity contribution in [1.29, 1.82) is 0 Å². The highest BCUT2D eigenvalue weighted by Gasteiger charge is 2.54. The average molecular weight is 304 g/mol. The molecule has 0 aliphatic carbocycles. The number of hydrogen-bond acceptors (Lipinski definition) is 2. The minimum absolute atomic E-state index is 0.853. The first-order valence-electron chi connectivity index (χ1n) is 5.53. The van der Waals surface area contributed by atoms with Crippen molar-refractivity contribution < 1.29 is 21.4 Å². The smallest absolute Gasteiger partial charge is 0.432 e. The van der Waals surface area contributed by atoms with Gasteiger partial charge in [-0.25, -0.2) is 13.2 Å². The third kappa shape index (κ3) is 6.75. The van der Waals surface area contributed by atoms with Crippen LogP contribution in [0.4, 0.5) is 13.2 Å². The summed E-state index contributed by atoms with van der Waals surface area (Å²) >= 11 is 0. The first-order valence-corrected chi connectivity index (χ1v) is 13.7. The number of rotatable bonds is 6. The van der Waals surface area contributed by atoms with E-state index in [0.717, 1.165) is 6.92 Å². The van der Waals surface area contributed by atoms with Crippen LogP contribution in [0.5, 0.6) is 0 Å². The molecule has 0 aromatic carbocycles. The summed E-state index contributed by atoms with van der Waals surface area (Å²) in [6.07, 6.45) is -2.25. The molecule has 0 saturated carbocycles. The Hall–Kier alpha value is 0.361. The number of halogens is 3. The molecule has 2 nitrogen and oxygen atoms in total. The molecule has 0 aromatic rings. The van der Waals surface area contributed by atoms with Crippen molar-refractivity contribution >= 4 is 25.9 Å². The zero-order chi connectivity index (χ0) is 14.1. The summed E-state index contributed by atoms with van der Waals surface area (Å²) in [5, 5.41) is 0. The van der Waals surface area contributed by atoms with Crippen LogP contribution in [0.3, 0.4) is 0 Å². The van der Waals surface area contributed by atoms with Crippen LogP contribution >= 0.6 is 0 Å². The lowest BCUT2D eigenvalue weighted by Gasteiger charge is -2.34. The maximum atomic E-state index is 13.7. The minimum atomic E-state index is -3.51. The Bertz CT molecular complexity index is 233. The van der Waals surface area contributed by atoms with Gasteiger partial charge < -0.3 is 8.23 Å². The van der Waals surface area contributed by atoms with Gasteiger partial charge in [-0.1, -0.05) is 0 Å². The third-order valence-corrected chi connectivity index (χ3v) is 8.89. The fourth-order valence-corrected chi connectivity index (χ4v) is 7.28. The van der Waals surface area contributed by atoms with Gasteiger partial charge in [0.1, 0.15) is 0 Å². The van der Waals surface area contributed by atoms with Crippen LogP contribution in [0.1, 0.15) is 6.92 Å². The van der Waals surface area contributed by atoms with Crippen LogP contribution in [-0.4, -0.2) is 37.6 Å². The molecule has 0 saturated heterocycles. The van der Waals surface area contributed by atoms with Crippen LogP contribution in [0.15, 0.2) is 0 Å². The summed E-state index contributed by atoms with van der Waals surface area (Å²) in [7, 11) is -7.28. The van der Waals surface area contributed by atoms with E-state index in [1.807, 2.05) is 0 Å². The zero-order valence-corrected chi connectivity index (χ0v) is 14.5. The fraction of sp³-hybridized carbons (Fsp3) is 1.00. The molecule has 0 fully saturated rings. The highest BCUT2D eigenvalue weighted by molar-refractivity contribution is 6.81. The van der Waals surface area contributed by atoms with Crippen molar-refractivity contribution in [2.24, 2.45) is 0 Å². The van der Waals surface area contributed by atoms with Gasteiger partial charge in [-0.2, -0.15) is 0 Å². The van der Waals surface area contributed by atoms with E-state index in [9.17, 15) is 13.2 Å². The fourth-order valence-electron chi connectivity index (χ4n) is 0.875. The predicted octanol–water partition coefficient (Wildman–Crippen LogP) is 3.71. The summed E-state index contributed by atoms with van der Waals surface area (Å²) in [6.45, 7) is 11.6. The van der Waals surface area contributed by atoms with Gasteiger partial charge in [0.2, 0.25) is 0 Å². The molecule has 1 unspecified atom stereocenters. The van der Waals surface area contributed by atoms with E-state index in [4.69, 9.17) is 8.23 Å². The predicted molar refractivity (Wildman–Crippen MR) is 70.1 cm³/mol. The van der Waals surface area contributed by atoms with Crippen LogP contribution in [-0.2, 0) is 8.23 Å². The molecule has 0 N–H and O–H groups in total. The maximum Gasteiger partial charge on any atom is 0.446 e. The average Bonchev–Trinajstić information content (AvgIpc) is 1.96. The minimum Gasteiger partial charge on any atom is -0.432 e. The quantitative estimate of drug-likeness (QED) is 0.696. The summed E-state index contributed by atoms with van der Waals surface area (Å²) in [6, 6.07) is 0. The second kappa shape index (κ2) is 5.56. The zero-order valence-electron chi connectivity index (χ0n) is 11.5. The highest BCUT2D eigenvalue weighted by atomic mass is 28.4. The Morgan fingerprint density at radius 3 is 1.41 bits per heavy atom. The van der Waals surface area contributed by atoms with Gasteiger partial charge in [0.25, 0.3) is 0 Å². The van der Waals surface area contributed by atoms with E-state index in [0.29, 0.717) is 0 Å². The Balaban J connectivity index is 4.99. The van der Waals surface area contributed by atoms with E-state index < -0.39 is 37.6 Å². The molecule has 0 heterocycles. The Kier molecular flexibility index (Phi) is 5.67. The van der Waals surface area contributed by atoms with Crippen molar-refractivity contribution in [3.63, 3.8) is 0 Å². The molecule has 1 radical (unpaired) electrons. The SMILES string of the molecule is CC(F)C(F)(F)[Si](O[Si](C)(C)C)O[Si](C)(C)C. The summed E-state index contributed by atoms with van der Waals surface area (Å²) < 4.78 is 51.3. The molecule has 0 aromatic heterocycles. The van der Waals surface area contributed by atoms with Gasteiger partial charge in [-0.3, -0.25) is 0 Å². The molecule has 1 atom stereocenters. The largest absolute Gasteiger partial charge is 0.446 e. The maximum absolute atomic E-state index is 13.7. The molecule has 0 spiro atoms. The Morgan fingerprint density at radius 1 is 0.941 bits per heavy atom. The molecule has 0 amide bonds. The standard InChI is InChI=1S/C9H22F3O2Si3/c1-8(10)9(11,12)15(13-16(2,3)4)14-17(5,6)7/h8H,1-7H3. The molecule has 0 aliphatic heterocycles. The lowest BCUT2D eigenvalue weighted by Crippen LogP contribution is -2.56. The third-order valence-electron chi connectivity index (χ3n) is 1.57. The van der Waals surface area contributed by atoms with Crippen molar-refractivity contribution in [3.8, 4) is 0 Å². The van der Waals surface area contributed by atoms with Crippen LogP contribution in [0.25, 0.3) is 0 Å². The second-order valence-corrected chi connectivity index (χ2v) is 17.3. The first-order chi connectivity index (χ1) is 7.26. The van der Waals surface area contributed by atoms with Gasteiger partial charge in [0.15, 0.2) is 22.8 Å². The van der Waals surface area contributed by atoms with E-state index in [1.165, 1.54) is 0 Å². The lowest BCUT2D eigenvalue weighted by molar-refractivity contribution is -0.0155.